The summed E-state index contributed by atoms with van der Waals surface area (Å²) >= 11 is 0. The minimum absolute atomic E-state index is 0.0516. The zero-order chi connectivity index (χ0) is 27.7. The lowest BCUT2D eigenvalue weighted by molar-refractivity contribution is -0.131. The molecule has 2 bridgehead atoms. The maximum atomic E-state index is 15.5. The lowest BCUT2D eigenvalue weighted by Crippen LogP contribution is -2.38. The van der Waals surface area contributed by atoms with Crippen LogP contribution in [0.25, 0.3) is 17.2 Å². The molecule has 1 unspecified atom stereocenters. The molecule has 0 heterocycles. The molecule has 0 radical (unpaired) electrons. The van der Waals surface area contributed by atoms with E-state index in [0.29, 0.717) is 23.0 Å². The third-order valence-corrected chi connectivity index (χ3v) is 8.05. The molecule has 3 aromatic rings. The molecule has 0 aliphatic heterocycles. The van der Waals surface area contributed by atoms with Gasteiger partial charge in [0.1, 0.15) is 11.6 Å². The second-order valence-corrected chi connectivity index (χ2v) is 10.9. The van der Waals surface area contributed by atoms with Gasteiger partial charge in [-0.2, -0.15) is 0 Å². The number of aliphatic carboxylic acids is 1. The molecule has 3 aromatic carbocycles. The highest BCUT2D eigenvalue weighted by Crippen LogP contribution is 2.49. The third kappa shape index (κ3) is 5.87. The van der Waals surface area contributed by atoms with Crippen molar-refractivity contribution in [2.45, 2.75) is 32.2 Å². The molecule has 2 aliphatic rings. The van der Waals surface area contributed by atoms with Crippen molar-refractivity contribution in [2.75, 3.05) is 23.9 Å². The number of anilines is 2. The molecule has 5 rings (SSSR count). The van der Waals surface area contributed by atoms with Crippen molar-refractivity contribution in [3.8, 4) is 11.1 Å². The van der Waals surface area contributed by atoms with Crippen LogP contribution < -0.4 is 9.80 Å². The Morgan fingerprint density at radius 1 is 0.923 bits per heavy atom. The number of carbonyl (C=O) groups excluding carboxylic acids is 1. The SMILES string of the molecule is CN(C)c1ccc(-c2ccc(CN(C(=O)[C@@H]3C[C@H]4CCC3C4)c3cc(F)cc(/C=C/C(=O)O)c3)c(F)c2)cc1. The fraction of sp³-hybridized carbons (Fsp3) is 0.312. The molecule has 2 aliphatic carbocycles. The molecule has 5 nitrogen and oxygen atoms in total. The number of halogens is 2. The van der Waals surface area contributed by atoms with E-state index in [-0.39, 0.29) is 24.1 Å². The van der Waals surface area contributed by atoms with Gasteiger partial charge in [-0.1, -0.05) is 30.7 Å². The fourth-order valence-corrected chi connectivity index (χ4v) is 6.04. The summed E-state index contributed by atoms with van der Waals surface area (Å²) in [6, 6.07) is 16.8. The molecule has 2 fully saturated rings. The van der Waals surface area contributed by atoms with E-state index in [0.717, 1.165) is 48.6 Å². The number of fused-ring (bicyclic) bond motifs is 2. The van der Waals surface area contributed by atoms with Crippen LogP contribution >= 0.6 is 0 Å². The number of nitrogens with zero attached hydrogens (tertiary/aromatic N) is 2. The lowest BCUT2D eigenvalue weighted by Gasteiger charge is -2.30. The Balaban J connectivity index is 1.47. The van der Waals surface area contributed by atoms with Crippen LogP contribution in [0.4, 0.5) is 20.2 Å². The van der Waals surface area contributed by atoms with E-state index in [1.807, 2.05) is 49.3 Å². The van der Waals surface area contributed by atoms with Gasteiger partial charge in [-0.05, 0) is 90.3 Å². The molecule has 7 heteroatoms. The highest BCUT2D eigenvalue weighted by molar-refractivity contribution is 5.96. The molecule has 202 valence electrons. The van der Waals surface area contributed by atoms with Gasteiger partial charge < -0.3 is 14.9 Å². The minimum atomic E-state index is -1.16. The van der Waals surface area contributed by atoms with Crippen molar-refractivity contribution in [3.05, 3.63) is 89.5 Å². The molecule has 39 heavy (non-hydrogen) atoms. The fourth-order valence-electron chi connectivity index (χ4n) is 6.04. The Bertz CT molecular complexity index is 1420. The van der Waals surface area contributed by atoms with Gasteiger partial charge in [-0.25, -0.2) is 13.6 Å². The Hall–Kier alpha value is -4.00. The summed E-state index contributed by atoms with van der Waals surface area (Å²) in [5.41, 5.74) is 3.57. The second kappa shape index (κ2) is 11.0. The highest BCUT2D eigenvalue weighted by Gasteiger charge is 2.44. The van der Waals surface area contributed by atoms with Gasteiger partial charge >= 0.3 is 5.97 Å². The first-order chi connectivity index (χ1) is 18.7. The Morgan fingerprint density at radius 3 is 2.28 bits per heavy atom. The Morgan fingerprint density at radius 2 is 1.67 bits per heavy atom. The summed E-state index contributed by atoms with van der Waals surface area (Å²) in [5.74, 6) is -1.69. The van der Waals surface area contributed by atoms with Gasteiger partial charge in [-0.15, -0.1) is 0 Å². The van der Waals surface area contributed by atoms with E-state index in [9.17, 15) is 14.0 Å². The normalized spacial score (nSPS) is 19.9. The number of amides is 1. The van der Waals surface area contributed by atoms with Crippen LogP contribution in [-0.4, -0.2) is 31.1 Å². The van der Waals surface area contributed by atoms with E-state index in [1.165, 1.54) is 29.2 Å². The van der Waals surface area contributed by atoms with E-state index in [4.69, 9.17) is 5.11 Å². The summed E-state index contributed by atoms with van der Waals surface area (Å²) in [6.07, 6.45) is 6.15. The molecule has 2 saturated carbocycles. The maximum absolute atomic E-state index is 15.5. The molecule has 0 aromatic heterocycles. The average Bonchev–Trinajstić information content (AvgIpc) is 3.55. The first-order valence-electron chi connectivity index (χ1n) is 13.3. The summed E-state index contributed by atoms with van der Waals surface area (Å²) in [5, 5.41) is 8.99. The molecule has 0 spiro atoms. The van der Waals surface area contributed by atoms with Crippen molar-refractivity contribution in [2.24, 2.45) is 17.8 Å². The molecular weight excluding hydrogens is 498 g/mol. The quantitative estimate of drug-likeness (QED) is 0.327. The van der Waals surface area contributed by atoms with Crippen LogP contribution in [-0.2, 0) is 16.1 Å². The minimum Gasteiger partial charge on any atom is -0.478 e. The monoisotopic (exact) mass is 530 g/mol. The van der Waals surface area contributed by atoms with Crippen molar-refractivity contribution in [1.82, 2.24) is 0 Å². The third-order valence-electron chi connectivity index (χ3n) is 8.05. The summed E-state index contributed by atoms with van der Waals surface area (Å²) < 4.78 is 30.1. The van der Waals surface area contributed by atoms with E-state index in [1.54, 1.807) is 12.1 Å². The molecule has 0 saturated heterocycles. The first kappa shape index (κ1) is 26.6. The van der Waals surface area contributed by atoms with Crippen LogP contribution in [0.1, 0.15) is 36.8 Å². The number of benzene rings is 3. The standard InChI is InChI=1S/C32H32F2N2O3/c1-35(2)27-10-8-22(9-11-27)23-6-7-25(30(34)17-23)19-36(32(39)29-16-20-3-5-24(29)13-20)28-15-21(4-12-31(37)38)14-26(33)18-28/h4,6-12,14-15,17-18,20,24,29H,3,5,13,16,19H2,1-2H3,(H,37,38)/b12-4+/t20-,24?,29+/m0/s1. The van der Waals surface area contributed by atoms with Gasteiger partial charge in [0, 0.05) is 43.0 Å². The molecule has 1 amide bonds. The van der Waals surface area contributed by atoms with Crippen molar-refractivity contribution in [3.63, 3.8) is 0 Å². The number of carboxylic acids is 1. The highest BCUT2D eigenvalue weighted by atomic mass is 19.1. The zero-order valence-corrected chi connectivity index (χ0v) is 22.1. The van der Waals surface area contributed by atoms with Crippen LogP contribution in [0.3, 0.4) is 0 Å². The van der Waals surface area contributed by atoms with Crippen molar-refractivity contribution >= 4 is 29.3 Å². The van der Waals surface area contributed by atoms with Crippen molar-refractivity contribution < 1.29 is 23.5 Å². The molecule has 3 atom stereocenters. The number of hydrogen-bond donors (Lipinski definition) is 1. The lowest BCUT2D eigenvalue weighted by atomic mass is 9.87. The molecule has 1 N–H and O–H groups in total. The van der Waals surface area contributed by atoms with E-state index in [2.05, 4.69) is 0 Å². The Labute approximate surface area is 227 Å². The number of carbonyl (C=O) groups is 2. The van der Waals surface area contributed by atoms with Crippen LogP contribution in [0.15, 0.2) is 66.7 Å². The number of hydrogen-bond acceptors (Lipinski definition) is 3. The predicted octanol–water partition coefficient (Wildman–Crippen LogP) is 6.77. The van der Waals surface area contributed by atoms with Gasteiger partial charge in [0.15, 0.2) is 0 Å². The largest absolute Gasteiger partial charge is 0.478 e. The number of rotatable bonds is 8. The molecular formula is C32H32F2N2O3. The predicted molar refractivity (Wildman–Crippen MR) is 149 cm³/mol. The summed E-state index contributed by atoms with van der Waals surface area (Å²) in [4.78, 5) is 28.3. The number of carboxylic acid groups (broad SMARTS) is 1. The Kier molecular flexibility index (Phi) is 7.51. The van der Waals surface area contributed by atoms with Crippen LogP contribution in [0.5, 0.6) is 0 Å². The summed E-state index contributed by atoms with van der Waals surface area (Å²) in [7, 11) is 3.91. The van der Waals surface area contributed by atoms with Crippen LogP contribution in [0, 0.1) is 29.4 Å². The van der Waals surface area contributed by atoms with Gasteiger partial charge in [0.25, 0.3) is 0 Å². The zero-order valence-electron chi connectivity index (χ0n) is 22.1. The van der Waals surface area contributed by atoms with Gasteiger partial charge in [0.2, 0.25) is 5.91 Å². The van der Waals surface area contributed by atoms with E-state index >= 15 is 4.39 Å². The van der Waals surface area contributed by atoms with Gasteiger partial charge in [-0.3, -0.25) is 4.79 Å². The maximum Gasteiger partial charge on any atom is 0.328 e. The van der Waals surface area contributed by atoms with Crippen LogP contribution in [0.2, 0.25) is 0 Å². The topological polar surface area (TPSA) is 60.9 Å². The summed E-state index contributed by atoms with van der Waals surface area (Å²) in [6.45, 7) is -0.0516. The first-order valence-corrected chi connectivity index (χ1v) is 13.3. The van der Waals surface area contributed by atoms with Crippen molar-refractivity contribution in [1.29, 1.82) is 0 Å². The second-order valence-electron chi connectivity index (χ2n) is 10.9. The smallest absolute Gasteiger partial charge is 0.328 e. The van der Waals surface area contributed by atoms with Gasteiger partial charge in [0.05, 0.1) is 6.54 Å². The van der Waals surface area contributed by atoms with E-state index < -0.39 is 17.6 Å². The average molecular weight is 531 g/mol.